The van der Waals surface area contributed by atoms with Crippen LogP contribution >= 0.6 is 23.8 Å². The number of alkyl halides is 3. The minimum absolute atomic E-state index is 0.126. The van der Waals surface area contributed by atoms with E-state index in [1.807, 2.05) is 23.1 Å². The Balaban J connectivity index is 1.60. The number of methoxy groups -OCH3 is 1. The summed E-state index contributed by atoms with van der Waals surface area (Å²) in [7, 11) is 1.42. The van der Waals surface area contributed by atoms with Gasteiger partial charge in [-0.25, -0.2) is 0 Å². The van der Waals surface area contributed by atoms with E-state index in [2.05, 4.69) is 15.6 Å². The highest BCUT2D eigenvalue weighted by atomic mass is 35.5. The molecule has 0 bridgehead atoms. The van der Waals surface area contributed by atoms with E-state index >= 15 is 0 Å². The molecule has 2 atom stereocenters. The van der Waals surface area contributed by atoms with Crippen LogP contribution in [0, 0.1) is 0 Å². The molecule has 0 unspecified atom stereocenters. The zero-order valence-corrected chi connectivity index (χ0v) is 22.6. The summed E-state index contributed by atoms with van der Waals surface area (Å²) in [5, 5.41) is 6.67. The Hall–Kier alpha value is -3.93. The predicted molar refractivity (Wildman–Crippen MR) is 151 cm³/mol. The predicted octanol–water partition coefficient (Wildman–Crippen LogP) is 6.31. The van der Waals surface area contributed by atoms with Crippen LogP contribution in [0.1, 0.15) is 29.0 Å². The molecule has 40 heavy (non-hydrogen) atoms. The summed E-state index contributed by atoms with van der Waals surface area (Å²) in [6, 6.07) is 18.4. The van der Waals surface area contributed by atoms with Crippen LogP contribution < -0.4 is 15.5 Å². The van der Waals surface area contributed by atoms with Crippen molar-refractivity contribution in [1.82, 2.24) is 14.9 Å². The van der Waals surface area contributed by atoms with Crippen LogP contribution in [-0.4, -0.2) is 34.3 Å². The normalized spacial score (nSPS) is 17.1. The average Bonchev–Trinajstić information content (AvgIpc) is 3.54. The molecule has 2 aromatic carbocycles. The lowest BCUT2D eigenvalue weighted by Crippen LogP contribution is -2.30. The number of nitrogens with zero attached hydrogens (tertiary/aromatic N) is 3. The van der Waals surface area contributed by atoms with Crippen molar-refractivity contribution in [3.8, 4) is 5.69 Å². The highest BCUT2D eigenvalue weighted by Gasteiger charge is 2.42. The molecule has 0 radical (unpaired) electrons. The first-order valence-electron chi connectivity index (χ1n) is 12.1. The standard InChI is InChI=1S/C28H23ClF3N5O2S/c1-39-16-24(38)34-21-11-10-19(15-20(21)29)37-26(25(35-27(37)40)22-8-2-3-12-33-22)23-9-5-13-36(23)18-7-4-6-17(14-18)28(30,31)32/h2-15,25-26H,16H2,1H3,(H,34,38)(H,35,40)/t25-,26-/m1/s1. The monoisotopic (exact) mass is 585 g/mol. The van der Waals surface area contributed by atoms with E-state index in [4.69, 9.17) is 28.6 Å². The van der Waals surface area contributed by atoms with Gasteiger partial charge in [0.05, 0.1) is 28.0 Å². The number of thiocarbonyl (C=S) groups is 1. The number of ether oxygens (including phenoxy) is 1. The van der Waals surface area contributed by atoms with Crippen LogP contribution in [0.15, 0.2) is 85.2 Å². The number of aromatic nitrogens is 2. The van der Waals surface area contributed by atoms with Gasteiger partial charge in [-0.3, -0.25) is 9.78 Å². The average molecular weight is 586 g/mol. The maximum absolute atomic E-state index is 13.5. The molecule has 7 nitrogen and oxygen atoms in total. The molecule has 2 N–H and O–H groups in total. The lowest BCUT2D eigenvalue weighted by atomic mass is 10.0. The second kappa shape index (κ2) is 11.3. The minimum atomic E-state index is -4.49. The topological polar surface area (TPSA) is 71.4 Å². The summed E-state index contributed by atoms with van der Waals surface area (Å²) < 4.78 is 47.1. The molecule has 3 heterocycles. The molecular weight excluding hydrogens is 563 g/mol. The van der Waals surface area contributed by atoms with E-state index in [0.717, 1.165) is 12.1 Å². The zero-order chi connectivity index (χ0) is 28.4. The molecule has 12 heteroatoms. The van der Waals surface area contributed by atoms with Crippen molar-refractivity contribution in [1.29, 1.82) is 0 Å². The Kier molecular flexibility index (Phi) is 7.79. The maximum atomic E-state index is 13.5. The summed E-state index contributed by atoms with van der Waals surface area (Å²) in [6.07, 6.45) is -1.11. The number of nitrogens with one attached hydrogen (secondary N) is 2. The highest BCUT2D eigenvalue weighted by Crippen LogP contribution is 2.43. The molecule has 2 aromatic heterocycles. The van der Waals surface area contributed by atoms with E-state index in [9.17, 15) is 18.0 Å². The molecule has 1 fully saturated rings. The molecule has 0 saturated carbocycles. The Labute approximate surface area is 238 Å². The number of carbonyl (C=O) groups excluding carboxylic acids is 1. The SMILES string of the molecule is COCC(=O)Nc1ccc(N2C(=S)N[C@H](c3ccccn3)[C@H]2c2cccn2-c2cccc(C(F)(F)F)c2)cc1Cl. The third-order valence-electron chi connectivity index (χ3n) is 6.41. The molecule has 5 rings (SSSR count). The summed E-state index contributed by atoms with van der Waals surface area (Å²) in [5.74, 6) is -0.359. The van der Waals surface area contributed by atoms with Crippen LogP contribution in [0.3, 0.4) is 0 Å². The number of hydrogen-bond donors (Lipinski definition) is 2. The first kappa shape index (κ1) is 27.6. The summed E-state index contributed by atoms with van der Waals surface area (Å²) in [4.78, 5) is 18.4. The third kappa shape index (κ3) is 5.53. The second-order valence-electron chi connectivity index (χ2n) is 8.99. The van der Waals surface area contributed by atoms with Crippen LogP contribution in [0.2, 0.25) is 5.02 Å². The fourth-order valence-corrected chi connectivity index (χ4v) is 5.28. The molecular formula is C28H23ClF3N5O2S. The second-order valence-corrected chi connectivity index (χ2v) is 9.79. The number of benzene rings is 2. The first-order chi connectivity index (χ1) is 19.2. The first-order valence-corrected chi connectivity index (χ1v) is 12.9. The van der Waals surface area contributed by atoms with Crippen molar-refractivity contribution >= 4 is 46.2 Å². The molecule has 0 spiro atoms. The molecule has 206 valence electrons. The van der Waals surface area contributed by atoms with Crippen molar-refractivity contribution in [2.24, 2.45) is 0 Å². The van der Waals surface area contributed by atoms with E-state index in [-0.39, 0.29) is 17.5 Å². The lowest BCUT2D eigenvalue weighted by molar-refractivity contribution is -0.137. The number of carbonyl (C=O) groups is 1. The van der Waals surface area contributed by atoms with Crippen molar-refractivity contribution in [2.45, 2.75) is 18.3 Å². The fourth-order valence-electron chi connectivity index (χ4n) is 4.71. The van der Waals surface area contributed by atoms with Gasteiger partial charge in [-0.15, -0.1) is 0 Å². The number of halogens is 4. The number of rotatable bonds is 7. The third-order valence-corrected chi connectivity index (χ3v) is 7.04. The molecule has 1 saturated heterocycles. The molecule has 1 aliphatic heterocycles. The van der Waals surface area contributed by atoms with E-state index < -0.39 is 23.8 Å². The van der Waals surface area contributed by atoms with Gasteiger partial charge in [0.25, 0.3) is 0 Å². The van der Waals surface area contributed by atoms with Crippen molar-refractivity contribution < 1.29 is 22.7 Å². The molecule has 1 amide bonds. The lowest BCUT2D eigenvalue weighted by Gasteiger charge is -2.29. The van der Waals surface area contributed by atoms with Crippen molar-refractivity contribution in [3.63, 3.8) is 0 Å². The van der Waals surface area contributed by atoms with Gasteiger partial charge < -0.3 is 24.8 Å². The van der Waals surface area contributed by atoms with Gasteiger partial charge in [-0.1, -0.05) is 23.7 Å². The number of pyridine rings is 1. The minimum Gasteiger partial charge on any atom is -0.375 e. The van der Waals surface area contributed by atoms with Gasteiger partial charge >= 0.3 is 6.18 Å². The van der Waals surface area contributed by atoms with Gasteiger partial charge in [0, 0.05) is 36.6 Å². The van der Waals surface area contributed by atoms with Crippen molar-refractivity contribution in [2.75, 3.05) is 23.9 Å². The van der Waals surface area contributed by atoms with Crippen LogP contribution in [0.25, 0.3) is 5.69 Å². The fraction of sp³-hybridized carbons (Fsp3) is 0.179. The van der Waals surface area contributed by atoms with Gasteiger partial charge in [-0.05, 0) is 72.9 Å². The van der Waals surface area contributed by atoms with Crippen LogP contribution in [-0.2, 0) is 15.7 Å². The van der Waals surface area contributed by atoms with Gasteiger partial charge in [-0.2, -0.15) is 13.2 Å². The Bertz CT molecular complexity index is 1550. The number of anilines is 2. The summed E-state index contributed by atoms with van der Waals surface area (Å²) in [6.45, 7) is -0.126. The van der Waals surface area contributed by atoms with Crippen molar-refractivity contribution in [3.05, 3.63) is 107 Å². The van der Waals surface area contributed by atoms with Gasteiger partial charge in [0.15, 0.2) is 5.11 Å². The summed E-state index contributed by atoms with van der Waals surface area (Å²) >= 11 is 12.3. The number of hydrogen-bond acceptors (Lipinski definition) is 4. The van der Waals surface area contributed by atoms with Gasteiger partial charge in [0.2, 0.25) is 5.91 Å². The quantitative estimate of drug-likeness (QED) is 0.248. The maximum Gasteiger partial charge on any atom is 0.416 e. The van der Waals surface area contributed by atoms with Gasteiger partial charge in [0.1, 0.15) is 12.6 Å². The largest absolute Gasteiger partial charge is 0.416 e. The molecule has 1 aliphatic rings. The van der Waals surface area contributed by atoms with E-state index in [1.54, 1.807) is 53.4 Å². The van der Waals surface area contributed by atoms with E-state index in [1.165, 1.54) is 13.2 Å². The summed E-state index contributed by atoms with van der Waals surface area (Å²) in [5.41, 5.74) is 1.99. The Morgan fingerprint density at radius 2 is 1.93 bits per heavy atom. The van der Waals surface area contributed by atoms with E-state index in [0.29, 0.717) is 33.6 Å². The molecule has 4 aromatic rings. The number of amides is 1. The Morgan fingerprint density at radius 3 is 2.62 bits per heavy atom. The zero-order valence-electron chi connectivity index (χ0n) is 21.0. The molecule has 0 aliphatic carbocycles. The smallest absolute Gasteiger partial charge is 0.375 e. The highest BCUT2D eigenvalue weighted by molar-refractivity contribution is 7.80. The van der Waals surface area contributed by atoms with Crippen LogP contribution in [0.5, 0.6) is 0 Å². The Morgan fingerprint density at radius 1 is 1.10 bits per heavy atom. The van der Waals surface area contributed by atoms with Crippen LogP contribution in [0.4, 0.5) is 24.5 Å².